The number of carbonyl (C=O) groups excluding carboxylic acids is 1. The number of hydrogen-bond donors (Lipinski definition) is 2. The summed E-state index contributed by atoms with van der Waals surface area (Å²) in [4.78, 5) is 29.6. The molecule has 1 unspecified atom stereocenters. The molecule has 208 valence electrons. The first-order valence-electron chi connectivity index (χ1n) is 12.7. The molecule has 0 aliphatic heterocycles. The highest BCUT2D eigenvalue weighted by Crippen LogP contribution is 2.40. The summed E-state index contributed by atoms with van der Waals surface area (Å²) in [6, 6.07) is 10.6. The first kappa shape index (κ1) is 27.3. The monoisotopic (exact) mass is 557 g/mol. The van der Waals surface area contributed by atoms with Crippen molar-refractivity contribution in [2.75, 3.05) is 5.32 Å². The molecule has 40 heavy (non-hydrogen) atoms. The van der Waals surface area contributed by atoms with Crippen molar-refractivity contribution in [3.05, 3.63) is 83.4 Å². The molecule has 0 spiro atoms. The second-order valence-electron chi connectivity index (χ2n) is 9.85. The van der Waals surface area contributed by atoms with Gasteiger partial charge in [0.1, 0.15) is 11.9 Å². The van der Waals surface area contributed by atoms with E-state index in [4.69, 9.17) is 5.11 Å². The molecule has 2 N–H and O–H groups in total. The first-order valence-corrected chi connectivity index (χ1v) is 12.7. The molecule has 1 atom stereocenters. The lowest BCUT2D eigenvalue weighted by Gasteiger charge is -2.32. The van der Waals surface area contributed by atoms with E-state index in [2.05, 4.69) is 10.3 Å². The lowest BCUT2D eigenvalue weighted by Crippen LogP contribution is -2.33. The molecule has 1 amide bonds. The Kier molecular flexibility index (Phi) is 7.31. The largest absolute Gasteiger partial charge is 0.478 e. The van der Waals surface area contributed by atoms with Gasteiger partial charge >= 0.3 is 12.1 Å². The van der Waals surface area contributed by atoms with Crippen molar-refractivity contribution in [3.63, 3.8) is 0 Å². The highest BCUT2D eigenvalue weighted by Gasteiger charge is 2.35. The fourth-order valence-corrected chi connectivity index (χ4v) is 5.29. The quantitative estimate of drug-likeness (QED) is 0.241. The summed E-state index contributed by atoms with van der Waals surface area (Å²) >= 11 is 0. The summed E-state index contributed by atoms with van der Waals surface area (Å²) < 4.78 is 69.8. The number of imidazole rings is 1. The molecule has 1 aliphatic carbocycles. The number of anilines is 1. The third kappa shape index (κ3) is 5.41. The van der Waals surface area contributed by atoms with E-state index in [9.17, 15) is 31.5 Å². The number of alkyl halides is 3. The zero-order valence-corrected chi connectivity index (χ0v) is 21.0. The van der Waals surface area contributed by atoms with E-state index in [1.807, 2.05) is 0 Å². The van der Waals surface area contributed by atoms with Crippen molar-refractivity contribution >= 4 is 28.6 Å². The van der Waals surface area contributed by atoms with Gasteiger partial charge in [0.05, 0.1) is 22.2 Å². The van der Waals surface area contributed by atoms with Crippen LogP contribution in [0.2, 0.25) is 0 Å². The Morgan fingerprint density at radius 3 is 2.15 bits per heavy atom. The molecule has 4 aromatic rings. The van der Waals surface area contributed by atoms with Crippen molar-refractivity contribution in [2.45, 2.75) is 44.3 Å². The third-order valence-corrected chi connectivity index (χ3v) is 7.24. The summed E-state index contributed by atoms with van der Waals surface area (Å²) in [6.45, 7) is 0. The van der Waals surface area contributed by atoms with Gasteiger partial charge in [-0.05, 0) is 55.2 Å². The molecular formula is C29H24F5N3O3. The second kappa shape index (κ2) is 10.7. The van der Waals surface area contributed by atoms with E-state index in [1.165, 1.54) is 41.0 Å². The van der Waals surface area contributed by atoms with Gasteiger partial charge in [0, 0.05) is 23.4 Å². The number of benzene rings is 3. The maximum atomic E-state index is 14.5. The van der Waals surface area contributed by atoms with E-state index < -0.39 is 41.3 Å². The van der Waals surface area contributed by atoms with Crippen LogP contribution in [0.5, 0.6) is 0 Å². The van der Waals surface area contributed by atoms with Crippen LogP contribution < -0.4 is 5.32 Å². The van der Waals surface area contributed by atoms with E-state index in [1.54, 1.807) is 0 Å². The van der Waals surface area contributed by atoms with Crippen LogP contribution in [0.15, 0.2) is 60.7 Å². The Balaban J connectivity index is 1.65. The highest BCUT2D eigenvalue weighted by atomic mass is 19.4. The lowest BCUT2D eigenvalue weighted by atomic mass is 9.83. The molecule has 1 aliphatic rings. The van der Waals surface area contributed by atoms with E-state index >= 15 is 0 Å². The van der Waals surface area contributed by atoms with Crippen LogP contribution in [0.25, 0.3) is 22.4 Å². The first-order chi connectivity index (χ1) is 19.0. The molecule has 0 bridgehead atoms. The minimum Gasteiger partial charge on any atom is -0.478 e. The van der Waals surface area contributed by atoms with Crippen molar-refractivity contribution < 1.29 is 36.6 Å². The summed E-state index contributed by atoms with van der Waals surface area (Å²) in [6.07, 6.45) is -0.596. The number of hydrogen-bond acceptors (Lipinski definition) is 3. The molecule has 11 heteroatoms. The Hall–Kier alpha value is -4.28. The van der Waals surface area contributed by atoms with Crippen molar-refractivity contribution in [1.82, 2.24) is 9.55 Å². The topological polar surface area (TPSA) is 84.2 Å². The maximum Gasteiger partial charge on any atom is 0.416 e. The van der Waals surface area contributed by atoms with Gasteiger partial charge in [-0.15, -0.1) is 0 Å². The number of aromatic nitrogens is 2. The predicted octanol–water partition coefficient (Wildman–Crippen LogP) is 7.46. The lowest BCUT2D eigenvalue weighted by molar-refractivity contribution is -0.137. The Bertz CT molecular complexity index is 1560. The van der Waals surface area contributed by atoms with E-state index in [0.717, 1.165) is 43.5 Å². The molecule has 1 heterocycles. The Labute approximate surface area is 225 Å². The van der Waals surface area contributed by atoms with Gasteiger partial charge in [-0.3, -0.25) is 4.79 Å². The average molecular weight is 558 g/mol. The number of aromatic carboxylic acids is 1. The van der Waals surface area contributed by atoms with Gasteiger partial charge in [0.25, 0.3) is 0 Å². The number of halogens is 5. The van der Waals surface area contributed by atoms with Crippen LogP contribution in [-0.4, -0.2) is 26.5 Å². The van der Waals surface area contributed by atoms with Crippen molar-refractivity contribution in [1.29, 1.82) is 0 Å². The van der Waals surface area contributed by atoms with Crippen LogP contribution in [0, 0.1) is 17.6 Å². The normalized spacial score (nSPS) is 15.2. The van der Waals surface area contributed by atoms with Crippen LogP contribution in [-0.2, 0) is 11.0 Å². The van der Waals surface area contributed by atoms with Crippen LogP contribution in [0.1, 0.15) is 54.1 Å². The zero-order chi connectivity index (χ0) is 28.6. The standard InChI is InChI=1S/C29H24F5N3O3/c30-21-14-23-24(15-22(21)31)37(26(36-23)17-6-10-19(11-7-17)29(32,33)34)25(16-4-2-1-3-5-16)27(38)35-20-12-8-18(9-13-20)28(39)40/h6-16,25H,1-5H2,(H,35,38)(H,39,40). The molecule has 1 aromatic heterocycles. The van der Waals surface area contributed by atoms with Crippen molar-refractivity contribution in [3.8, 4) is 11.4 Å². The minimum atomic E-state index is -4.56. The maximum absolute atomic E-state index is 14.5. The number of carbonyl (C=O) groups is 2. The molecule has 3 aromatic carbocycles. The smallest absolute Gasteiger partial charge is 0.416 e. The fraction of sp³-hybridized carbons (Fsp3) is 0.276. The van der Waals surface area contributed by atoms with Gasteiger partial charge in [-0.2, -0.15) is 13.2 Å². The van der Waals surface area contributed by atoms with Crippen molar-refractivity contribution in [2.24, 2.45) is 5.92 Å². The summed E-state index contributed by atoms with van der Waals surface area (Å²) in [7, 11) is 0. The number of carboxylic acid groups (broad SMARTS) is 1. The summed E-state index contributed by atoms with van der Waals surface area (Å²) in [5, 5.41) is 12.0. The van der Waals surface area contributed by atoms with Gasteiger partial charge in [-0.25, -0.2) is 18.6 Å². The fourth-order valence-electron chi connectivity index (χ4n) is 5.29. The average Bonchev–Trinajstić information content (AvgIpc) is 3.27. The molecular weight excluding hydrogens is 533 g/mol. The Morgan fingerprint density at radius 2 is 1.55 bits per heavy atom. The third-order valence-electron chi connectivity index (χ3n) is 7.24. The van der Waals surface area contributed by atoms with Gasteiger partial charge in [-0.1, -0.05) is 31.4 Å². The summed E-state index contributed by atoms with van der Waals surface area (Å²) in [5.74, 6) is -4.05. The van der Waals surface area contributed by atoms with Gasteiger partial charge in [0.2, 0.25) is 5.91 Å². The highest BCUT2D eigenvalue weighted by molar-refractivity contribution is 5.96. The molecule has 5 rings (SSSR count). The SMILES string of the molecule is O=C(O)c1ccc(NC(=O)C(C2CCCCC2)n2c(-c3ccc(C(F)(F)F)cc3)nc3cc(F)c(F)cc32)cc1. The second-order valence-corrected chi connectivity index (χ2v) is 9.85. The van der Waals surface area contributed by atoms with E-state index in [-0.39, 0.29) is 33.9 Å². The van der Waals surface area contributed by atoms with Crippen LogP contribution in [0.4, 0.5) is 27.6 Å². The minimum absolute atomic E-state index is 0.0320. The van der Waals surface area contributed by atoms with Gasteiger partial charge in [0.15, 0.2) is 11.6 Å². The summed E-state index contributed by atoms with van der Waals surface area (Å²) in [5.41, 5.74) is -0.0983. The van der Waals surface area contributed by atoms with Crippen LogP contribution in [0.3, 0.4) is 0 Å². The molecule has 1 fully saturated rings. The Morgan fingerprint density at radius 1 is 0.925 bits per heavy atom. The number of rotatable bonds is 6. The number of carboxylic acids is 1. The zero-order valence-electron chi connectivity index (χ0n) is 21.0. The predicted molar refractivity (Wildman–Crippen MR) is 138 cm³/mol. The molecule has 1 saturated carbocycles. The number of amides is 1. The number of fused-ring (bicyclic) bond motifs is 1. The molecule has 0 radical (unpaired) electrons. The van der Waals surface area contributed by atoms with Crippen LogP contribution >= 0.6 is 0 Å². The number of nitrogens with one attached hydrogen (secondary N) is 1. The van der Waals surface area contributed by atoms with E-state index in [0.29, 0.717) is 18.5 Å². The molecule has 6 nitrogen and oxygen atoms in total. The number of nitrogens with zero attached hydrogens (tertiary/aromatic N) is 2. The molecule has 0 saturated heterocycles. The van der Waals surface area contributed by atoms with Gasteiger partial charge < -0.3 is 15.0 Å².